The zero-order valence-electron chi connectivity index (χ0n) is 22.6. The van der Waals surface area contributed by atoms with E-state index in [2.05, 4.69) is 21.3 Å². The molecule has 0 aromatic carbocycles. The largest absolute Gasteiger partial charge is 0.481 e. The maximum absolute atomic E-state index is 13.1. The van der Waals surface area contributed by atoms with Crippen LogP contribution in [0.25, 0.3) is 0 Å². The Morgan fingerprint density at radius 2 is 1.08 bits per heavy atom. The summed E-state index contributed by atoms with van der Waals surface area (Å²) >= 11 is 0. The van der Waals surface area contributed by atoms with E-state index in [-0.39, 0.29) is 12.3 Å². The summed E-state index contributed by atoms with van der Waals surface area (Å²) < 4.78 is 0. The molecule has 0 aliphatic rings. The minimum atomic E-state index is -1.56. The Morgan fingerprint density at radius 3 is 1.51 bits per heavy atom. The fourth-order valence-electron chi connectivity index (χ4n) is 3.45. The van der Waals surface area contributed by atoms with Gasteiger partial charge in [0.05, 0.1) is 18.9 Å². The van der Waals surface area contributed by atoms with Gasteiger partial charge in [-0.2, -0.15) is 0 Å². The summed E-state index contributed by atoms with van der Waals surface area (Å²) in [6, 6.07) is -5.76. The summed E-state index contributed by atoms with van der Waals surface area (Å²) in [5, 5.41) is 36.3. The lowest BCUT2D eigenvalue weighted by Crippen LogP contribution is -2.59. The number of rotatable bonds is 18. The van der Waals surface area contributed by atoms with Crippen molar-refractivity contribution in [2.75, 3.05) is 0 Å². The first kappa shape index (κ1) is 35.0. The molecular weight excluding hydrogens is 520 g/mol. The van der Waals surface area contributed by atoms with Gasteiger partial charge >= 0.3 is 17.9 Å². The van der Waals surface area contributed by atoms with Crippen LogP contribution >= 0.6 is 0 Å². The van der Waals surface area contributed by atoms with Crippen LogP contribution in [0.4, 0.5) is 0 Å². The van der Waals surface area contributed by atoms with Gasteiger partial charge in [0.15, 0.2) is 5.78 Å². The normalized spacial score (nSPS) is 13.9. The second-order valence-electron chi connectivity index (χ2n) is 9.80. The number of ketones is 1. The Kier molecular flexibility index (Phi) is 15.0. The predicted octanol–water partition coefficient (Wildman–Crippen LogP) is -0.969. The number of amides is 4. The smallest absolute Gasteiger partial charge is 0.305 e. The van der Waals surface area contributed by atoms with Gasteiger partial charge in [0.1, 0.15) is 18.1 Å². The third-order valence-corrected chi connectivity index (χ3v) is 5.29. The molecule has 15 nitrogen and oxygen atoms in total. The summed E-state index contributed by atoms with van der Waals surface area (Å²) in [5.74, 6) is -8.89. The van der Waals surface area contributed by atoms with E-state index in [4.69, 9.17) is 15.3 Å². The van der Waals surface area contributed by atoms with E-state index in [0.717, 1.165) is 6.92 Å². The van der Waals surface area contributed by atoms with Crippen LogP contribution in [0.1, 0.15) is 66.7 Å². The lowest BCUT2D eigenvalue weighted by Gasteiger charge is -2.27. The standard InChI is InChI=1S/C24H38N4O11/c1-11(2)8-17(30)15(9-19(33)34)27-24(39)21(12(3)4)28-22(37)14(6-7-18(31)32)26-23(38)16(10-20(35)36)25-13(5)29/h11-12,14-16,21H,6-10H2,1-5H3,(H,25,29)(H,26,38)(H,27,39)(H,28,37)(H,31,32)(H,33,34)(H,35,36)/t14-,15-,16-,21-/m0/s1. The average molecular weight is 559 g/mol. The van der Waals surface area contributed by atoms with Crippen molar-refractivity contribution in [3.63, 3.8) is 0 Å². The number of aliphatic carboxylic acids is 3. The monoisotopic (exact) mass is 558 g/mol. The molecule has 0 aliphatic heterocycles. The molecule has 0 fully saturated rings. The SMILES string of the molecule is CC(=O)N[C@@H](CC(=O)O)C(=O)N[C@@H](CCC(=O)O)C(=O)N[C@H](C(=O)N[C@@H](CC(=O)O)C(=O)CC(C)C)C(C)C. The van der Waals surface area contributed by atoms with Gasteiger partial charge < -0.3 is 36.6 Å². The molecule has 15 heteroatoms. The number of Topliss-reactive ketones (excluding diaryl/α,β-unsaturated/α-hetero) is 1. The van der Waals surface area contributed by atoms with Crippen molar-refractivity contribution < 1.29 is 53.7 Å². The van der Waals surface area contributed by atoms with Gasteiger partial charge in [0.2, 0.25) is 23.6 Å². The molecule has 39 heavy (non-hydrogen) atoms. The van der Waals surface area contributed by atoms with Crippen LogP contribution in [0.2, 0.25) is 0 Å². The first-order chi connectivity index (χ1) is 17.9. The number of hydrogen-bond acceptors (Lipinski definition) is 8. The Hall–Kier alpha value is -4.04. The number of nitrogens with one attached hydrogen (secondary N) is 4. The van der Waals surface area contributed by atoms with E-state index in [0.29, 0.717) is 0 Å². The van der Waals surface area contributed by atoms with Crippen LogP contribution in [-0.2, 0) is 38.4 Å². The second-order valence-corrected chi connectivity index (χ2v) is 9.80. The molecule has 4 amide bonds. The van der Waals surface area contributed by atoms with Gasteiger partial charge in [-0.15, -0.1) is 0 Å². The fourth-order valence-corrected chi connectivity index (χ4v) is 3.45. The Bertz CT molecular complexity index is 932. The van der Waals surface area contributed by atoms with Crippen LogP contribution in [0.5, 0.6) is 0 Å². The van der Waals surface area contributed by atoms with Gasteiger partial charge in [-0.3, -0.25) is 38.4 Å². The lowest BCUT2D eigenvalue weighted by molar-refractivity contribution is -0.142. The van der Waals surface area contributed by atoms with Crippen molar-refractivity contribution in [3.8, 4) is 0 Å². The highest BCUT2D eigenvalue weighted by Crippen LogP contribution is 2.10. The van der Waals surface area contributed by atoms with Crippen LogP contribution in [-0.4, -0.2) is 86.8 Å². The Labute approximate surface area is 225 Å². The Morgan fingerprint density at radius 1 is 0.590 bits per heavy atom. The molecule has 220 valence electrons. The number of carboxylic acid groups (broad SMARTS) is 3. The number of carbonyl (C=O) groups excluding carboxylic acids is 5. The number of hydrogen-bond donors (Lipinski definition) is 7. The minimum absolute atomic E-state index is 0.00599. The molecule has 0 rings (SSSR count). The molecule has 0 bridgehead atoms. The molecule has 0 aromatic rings. The van der Waals surface area contributed by atoms with Gasteiger partial charge in [-0.1, -0.05) is 27.7 Å². The summed E-state index contributed by atoms with van der Waals surface area (Å²) in [6.45, 7) is 7.64. The van der Waals surface area contributed by atoms with E-state index < -0.39 is 103 Å². The summed E-state index contributed by atoms with van der Waals surface area (Å²) in [6.07, 6.45) is -2.50. The highest BCUT2D eigenvalue weighted by atomic mass is 16.4. The summed E-state index contributed by atoms with van der Waals surface area (Å²) in [7, 11) is 0. The quantitative estimate of drug-likeness (QED) is 0.108. The first-order valence-corrected chi connectivity index (χ1v) is 12.3. The zero-order valence-corrected chi connectivity index (χ0v) is 22.6. The van der Waals surface area contributed by atoms with Crippen molar-refractivity contribution in [2.24, 2.45) is 11.8 Å². The van der Waals surface area contributed by atoms with E-state index >= 15 is 0 Å². The zero-order chi connectivity index (χ0) is 30.4. The molecule has 4 atom stereocenters. The third kappa shape index (κ3) is 14.5. The van der Waals surface area contributed by atoms with Crippen molar-refractivity contribution in [1.82, 2.24) is 21.3 Å². The van der Waals surface area contributed by atoms with Gasteiger partial charge in [0, 0.05) is 19.8 Å². The second kappa shape index (κ2) is 16.7. The van der Waals surface area contributed by atoms with E-state index in [9.17, 15) is 38.4 Å². The molecule has 0 radical (unpaired) electrons. The maximum atomic E-state index is 13.1. The van der Waals surface area contributed by atoms with Gasteiger partial charge in [-0.05, 0) is 18.3 Å². The highest BCUT2D eigenvalue weighted by Gasteiger charge is 2.33. The fraction of sp³-hybridized carbons (Fsp3) is 0.667. The number of carbonyl (C=O) groups is 8. The topological polar surface area (TPSA) is 245 Å². The molecule has 0 aromatic heterocycles. The molecule has 0 unspecified atom stereocenters. The molecular formula is C24H38N4O11. The van der Waals surface area contributed by atoms with Crippen LogP contribution in [0, 0.1) is 11.8 Å². The van der Waals surface area contributed by atoms with Crippen molar-refractivity contribution in [2.45, 2.75) is 90.9 Å². The highest BCUT2D eigenvalue weighted by molar-refractivity contribution is 5.97. The van der Waals surface area contributed by atoms with Crippen LogP contribution in [0.3, 0.4) is 0 Å². The Balaban J connectivity index is 5.86. The molecule has 0 aliphatic carbocycles. The van der Waals surface area contributed by atoms with Crippen LogP contribution < -0.4 is 21.3 Å². The third-order valence-electron chi connectivity index (χ3n) is 5.29. The molecule has 0 spiro atoms. The maximum Gasteiger partial charge on any atom is 0.305 e. The molecule has 0 saturated heterocycles. The van der Waals surface area contributed by atoms with Gasteiger partial charge in [0.25, 0.3) is 0 Å². The van der Waals surface area contributed by atoms with Crippen molar-refractivity contribution in [1.29, 1.82) is 0 Å². The van der Waals surface area contributed by atoms with E-state index in [1.165, 1.54) is 0 Å². The van der Waals surface area contributed by atoms with Crippen molar-refractivity contribution in [3.05, 3.63) is 0 Å². The van der Waals surface area contributed by atoms with Crippen LogP contribution in [0.15, 0.2) is 0 Å². The van der Waals surface area contributed by atoms with E-state index in [1.54, 1.807) is 27.7 Å². The first-order valence-electron chi connectivity index (χ1n) is 12.3. The molecule has 0 heterocycles. The molecule has 0 saturated carbocycles. The number of carboxylic acids is 3. The predicted molar refractivity (Wildman–Crippen MR) is 134 cm³/mol. The van der Waals surface area contributed by atoms with E-state index in [1.807, 2.05) is 0 Å². The summed E-state index contributed by atoms with van der Waals surface area (Å²) in [4.78, 5) is 96.0. The average Bonchev–Trinajstić information content (AvgIpc) is 2.77. The summed E-state index contributed by atoms with van der Waals surface area (Å²) in [5.41, 5.74) is 0. The molecule has 7 N–H and O–H groups in total. The lowest BCUT2D eigenvalue weighted by atomic mass is 9.97. The van der Waals surface area contributed by atoms with Gasteiger partial charge in [-0.25, -0.2) is 0 Å². The van der Waals surface area contributed by atoms with Crippen molar-refractivity contribution >= 4 is 47.3 Å². The minimum Gasteiger partial charge on any atom is -0.481 e.